The van der Waals surface area contributed by atoms with Crippen molar-refractivity contribution in [1.82, 2.24) is 9.78 Å². The van der Waals surface area contributed by atoms with Crippen LogP contribution in [0.1, 0.15) is 61.0 Å². The molecule has 8 nitrogen and oxygen atoms in total. The number of aromatic nitrogens is 2. The van der Waals surface area contributed by atoms with Crippen molar-refractivity contribution in [3.8, 4) is 0 Å². The first kappa shape index (κ1) is 21.6. The molecule has 0 fully saturated rings. The van der Waals surface area contributed by atoms with E-state index in [2.05, 4.69) is 15.7 Å². The number of esters is 1. The van der Waals surface area contributed by atoms with Crippen LogP contribution in [0.2, 0.25) is 0 Å². The van der Waals surface area contributed by atoms with Crippen LogP contribution in [0.15, 0.2) is 12.3 Å². The zero-order valence-electron chi connectivity index (χ0n) is 17.0. The monoisotopic (exact) mass is 406 g/mol. The van der Waals surface area contributed by atoms with Crippen molar-refractivity contribution < 1.29 is 19.1 Å². The zero-order valence-corrected chi connectivity index (χ0v) is 17.8. The number of anilines is 2. The number of carbonyl (C=O) groups is 3. The van der Waals surface area contributed by atoms with Crippen LogP contribution >= 0.6 is 11.3 Å². The molecule has 0 aliphatic heterocycles. The van der Waals surface area contributed by atoms with Gasteiger partial charge in [0.1, 0.15) is 10.8 Å². The van der Waals surface area contributed by atoms with Crippen LogP contribution in [0.3, 0.4) is 0 Å². The molecule has 0 aromatic carbocycles. The van der Waals surface area contributed by atoms with Crippen LogP contribution in [0.25, 0.3) is 0 Å². The maximum Gasteiger partial charge on any atom is 0.342 e. The summed E-state index contributed by atoms with van der Waals surface area (Å²) in [6.45, 7) is 10.5. The molecule has 0 saturated carbocycles. The first-order valence-corrected chi connectivity index (χ1v) is 9.90. The van der Waals surface area contributed by atoms with Crippen LogP contribution in [-0.2, 0) is 14.3 Å². The summed E-state index contributed by atoms with van der Waals surface area (Å²) >= 11 is 1.30. The summed E-state index contributed by atoms with van der Waals surface area (Å²) in [5, 5.41) is 10.0. The molecular weight excluding hydrogens is 380 g/mol. The molecule has 0 spiro atoms. The number of hydrogen-bond donors (Lipinski definition) is 2. The number of nitrogens with one attached hydrogen (secondary N) is 2. The highest BCUT2D eigenvalue weighted by Gasteiger charge is 2.26. The van der Waals surface area contributed by atoms with Gasteiger partial charge in [-0.15, -0.1) is 11.3 Å². The third kappa shape index (κ3) is 4.78. The molecule has 28 heavy (non-hydrogen) atoms. The number of carbonyl (C=O) groups excluding carboxylic acids is 3. The molecule has 9 heteroatoms. The standard InChI is InChI=1S/C19H26N4O4S/c1-7-10(2)23-15(8-9-20-23)22-17(25)12(4)27-19(26)16-11(3)13(5)28-18(16)21-14(6)24/h8-10,12H,7H2,1-6H3,(H,21,24)(H,22,25)/t10-,12+/m0/s1. The zero-order chi connectivity index (χ0) is 21.0. The number of amides is 2. The largest absolute Gasteiger partial charge is 0.449 e. The molecule has 152 valence electrons. The van der Waals surface area contributed by atoms with E-state index in [9.17, 15) is 14.4 Å². The number of hydrogen-bond acceptors (Lipinski definition) is 6. The fourth-order valence-corrected chi connectivity index (χ4v) is 3.65. The summed E-state index contributed by atoms with van der Waals surface area (Å²) in [4.78, 5) is 37.4. The number of ether oxygens (including phenoxy) is 1. The summed E-state index contributed by atoms with van der Waals surface area (Å²) in [7, 11) is 0. The van der Waals surface area contributed by atoms with Gasteiger partial charge < -0.3 is 15.4 Å². The molecule has 0 aliphatic carbocycles. The van der Waals surface area contributed by atoms with E-state index in [1.165, 1.54) is 25.2 Å². The van der Waals surface area contributed by atoms with Gasteiger partial charge in [0, 0.05) is 17.9 Å². The van der Waals surface area contributed by atoms with Gasteiger partial charge in [-0.3, -0.25) is 9.59 Å². The van der Waals surface area contributed by atoms with E-state index in [0.29, 0.717) is 10.8 Å². The maximum absolute atomic E-state index is 12.7. The van der Waals surface area contributed by atoms with Crippen LogP contribution in [-0.4, -0.2) is 33.7 Å². The van der Waals surface area contributed by atoms with Crippen molar-refractivity contribution in [3.63, 3.8) is 0 Å². The Labute approximate surface area is 168 Å². The van der Waals surface area contributed by atoms with Gasteiger partial charge in [-0.2, -0.15) is 5.10 Å². The quantitative estimate of drug-likeness (QED) is 0.683. The lowest BCUT2D eigenvalue weighted by Crippen LogP contribution is -2.31. The Morgan fingerprint density at radius 3 is 2.54 bits per heavy atom. The minimum atomic E-state index is -1.02. The van der Waals surface area contributed by atoms with Crippen molar-refractivity contribution >= 4 is 39.9 Å². The Balaban J connectivity index is 2.12. The molecule has 0 radical (unpaired) electrons. The Kier molecular flexibility index (Phi) is 6.95. The molecule has 2 aromatic rings. The van der Waals surface area contributed by atoms with Crippen molar-refractivity contribution in [2.45, 2.75) is 60.1 Å². The molecule has 2 rings (SSSR count). The van der Waals surface area contributed by atoms with E-state index in [1.54, 1.807) is 23.9 Å². The van der Waals surface area contributed by atoms with Gasteiger partial charge in [-0.1, -0.05) is 6.92 Å². The fraction of sp³-hybridized carbons (Fsp3) is 0.474. The molecule has 2 amide bonds. The fourth-order valence-electron chi connectivity index (χ4n) is 2.56. The Morgan fingerprint density at radius 1 is 1.25 bits per heavy atom. The second-order valence-electron chi connectivity index (χ2n) is 6.62. The van der Waals surface area contributed by atoms with Crippen LogP contribution in [0.5, 0.6) is 0 Å². The van der Waals surface area contributed by atoms with Crippen molar-refractivity contribution in [2.24, 2.45) is 0 Å². The third-order valence-electron chi connectivity index (χ3n) is 4.46. The van der Waals surface area contributed by atoms with E-state index in [1.807, 2.05) is 20.8 Å². The van der Waals surface area contributed by atoms with Crippen LogP contribution in [0.4, 0.5) is 10.8 Å². The second kappa shape index (κ2) is 9.01. The molecule has 2 heterocycles. The topological polar surface area (TPSA) is 102 Å². The average Bonchev–Trinajstić information content (AvgIpc) is 3.18. The average molecular weight is 407 g/mol. The highest BCUT2D eigenvalue weighted by molar-refractivity contribution is 7.16. The lowest BCUT2D eigenvalue weighted by atomic mass is 10.1. The highest BCUT2D eigenvalue weighted by Crippen LogP contribution is 2.33. The molecule has 2 N–H and O–H groups in total. The molecular formula is C19H26N4O4S. The SMILES string of the molecule is CC[C@H](C)n1nccc1NC(=O)[C@@H](C)OC(=O)c1c(NC(C)=O)sc(C)c1C. The number of thiophene rings is 1. The minimum Gasteiger partial charge on any atom is -0.449 e. The van der Waals surface area contributed by atoms with E-state index in [4.69, 9.17) is 4.74 Å². The highest BCUT2D eigenvalue weighted by atomic mass is 32.1. The molecule has 0 unspecified atom stereocenters. The Hall–Kier alpha value is -2.68. The Morgan fingerprint density at radius 2 is 1.93 bits per heavy atom. The van der Waals surface area contributed by atoms with Gasteiger partial charge >= 0.3 is 5.97 Å². The van der Waals surface area contributed by atoms with E-state index in [-0.39, 0.29) is 17.5 Å². The van der Waals surface area contributed by atoms with E-state index >= 15 is 0 Å². The van der Waals surface area contributed by atoms with Crippen molar-refractivity contribution in [3.05, 3.63) is 28.3 Å². The van der Waals surface area contributed by atoms with Gasteiger partial charge in [0.15, 0.2) is 6.10 Å². The smallest absolute Gasteiger partial charge is 0.342 e. The number of aryl methyl sites for hydroxylation is 1. The number of rotatable bonds is 7. The van der Waals surface area contributed by atoms with Crippen molar-refractivity contribution in [2.75, 3.05) is 10.6 Å². The lowest BCUT2D eigenvalue weighted by molar-refractivity contribution is -0.123. The Bertz CT molecular complexity index is 887. The summed E-state index contributed by atoms with van der Waals surface area (Å²) in [6.07, 6.45) is 1.45. The number of nitrogens with zero attached hydrogens (tertiary/aromatic N) is 2. The third-order valence-corrected chi connectivity index (χ3v) is 5.58. The second-order valence-corrected chi connectivity index (χ2v) is 7.85. The minimum absolute atomic E-state index is 0.125. The van der Waals surface area contributed by atoms with Crippen LogP contribution in [0, 0.1) is 13.8 Å². The first-order valence-electron chi connectivity index (χ1n) is 9.08. The van der Waals surface area contributed by atoms with Crippen molar-refractivity contribution in [1.29, 1.82) is 0 Å². The maximum atomic E-state index is 12.7. The summed E-state index contributed by atoms with van der Waals surface area (Å²) in [6, 6.07) is 1.82. The van der Waals surface area contributed by atoms with Crippen LogP contribution < -0.4 is 10.6 Å². The van der Waals surface area contributed by atoms with Gasteiger partial charge in [-0.25, -0.2) is 9.48 Å². The van der Waals surface area contributed by atoms with Gasteiger partial charge in [0.25, 0.3) is 5.91 Å². The molecule has 0 bridgehead atoms. The van der Waals surface area contributed by atoms with E-state index in [0.717, 1.165) is 16.9 Å². The van der Waals surface area contributed by atoms with Gasteiger partial charge in [0.2, 0.25) is 5.91 Å². The summed E-state index contributed by atoms with van der Waals surface area (Å²) in [5.41, 5.74) is 1.00. The van der Waals surface area contributed by atoms with E-state index < -0.39 is 18.0 Å². The predicted molar refractivity (Wildman–Crippen MR) is 109 cm³/mol. The molecule has 2 aromatic heterocycles. The summed E-state index contributed by atoms with van der Waals surface area (Å²) < 4.78 is 7.08. The predicted octanol–water partition coefficient (Wildman–Crippen LogP) is 3.67. The lowest BCUT2D eigenvalue weighted by Gasteiger charge is -2.17. The van der Waals surface area contributed by atoms with Gasteiger partial charge in [-0.05, 0) is 39.7 Å². The van der Waals surface area contributed by atoms with Gasteiger partial charge in [0.05, 0.1) is 17.8 Å². The summed E-state index contributed by atoms with van der Waals surface area (Å²) in [5.74, 6) is -0.837. The molecule has 2 atom stereocenters. The molecule has 0 aliphatic rings. The normalized spacial score (nSPS) is 12.9. The molecule has 0 saturated heterocycles. The first-order chi connectivity index (χ1) is 13.1.